The monoisotopic (exact) mass is 259 g/mol. The van der Waals surface area contributed by atoms with Gasteiger partial charge in [0, 0.05) is 11.8 Å². The molecule has 1 rings (SSSR count). The molecule has 1 aromatic heterocycles. The summed E-state index contributed by atoms with van der Waals surface area (Å²) in [7, 11) is 0. The number of halogens is 1. The number of aliphatic hydroxyl groups is 2. The molecule has 1 heterocycles. The fourth-order valence-corrected chi connectivity index (χ4v) is 1.58. The largest absolute Gasteiger partial charge is 0.464 e. The van der Waals surface area contributed by atoms with Gasteiger partial charge in [0.25, 0.3) is 0 Å². The van der Waals surface area contributed by atoms with Gasteiger partial charge in [-0.1, -0.05) is 11.6 Å². The van der Waals surface area contributed by atoms with Crippen molar-refractivity contribution in [3.05, 3.63) is 28.5 Å². The Bertz CT molecular complexity index is 410. The van der Waals surface area contributed by atoms with Crippen molar-refractivity contribution < 1.29 is 19.7 Å². The van der Waals surface area contributed by atoms with Crippen LogP contribution in [-0.4, -0.2) is 33.9 Å². The van der Waals surface area contributed by atoms with Gasteiger partial charge in [0.05, 0.1) is 6.61 Å². The minimum atomic E-state index is -1.63. The van der Waals surface area contributed by atoms with Crippen molar-refractivity contribution in [1.82, 2.24) is 4.98 Å². The summed E-state index contributed by atoms with van der Waals surface area (Å²) >= 11 is 5.67. The Morgan fingerprint density at radius 3 is 2.76 bits per heavy atom. The summed E-state index contributed by atoms with van der Waals surface area (Å²) in [6.45, 7) is 3.45. The normalized spacial score (nSPS) is 14.2. The highest BCUT2D eigenvalue weighted by atomic mass is 35.5. The zero-order valence-corrected chi connectivity index (χ0v) is 10.3. The molecule has 0 fully saturated rings. The molecule has 0 amide bonds. The SMILES string of the molecule is CCOC(=O)C(O)C(O)c1cnc(Cl)cc1C. The Labute approximate surface area is 104 Å². The molecule has 2 unspecified atom stereocenters. The molecule has 1 aromatic rings. The van der Waals surface area contributed by atoms with E-state index < -0.39 is 18.2 Å². The number of aliphatic hydroxyl groups excluding tert-OH is 2. The number of carbonyl (C=O) groups excluding carboxylic acids is 1. The van der Waals surface area contributed by atoms with Gasteiger partial charge in [-0.05, 0) is 25.5 Å². The van der Waals surface area contributed by atoms with Gasteiger partial charge in [-0.15, -0.1) is 0 Å². The number of aryl methyl sites for hydroxylation is 1. The van der Waals surface area contributed by atoms with Crippen LogP contribution in [-0.2, 0) is 9.53 Å². The van der Waals surface area contributed by atoms with E-state index in [1.54, 1.807) is 13.8 Å². The molecule has 0 aliphatic carbocycles. The van der Waals surface area contributed by atoms with Gasteiger partial charge in [0.15, 0.2) is 6.10 Å². The molecular formula is C11H14ClNO4. The summed E-state index contributed by atoms with van der Waals surface area (Å²) in [4.78, 5) is 15.0. The Kier molecular flexibility index (Phi) is 4.86. The molecule has 0 spiro atoms. The number of pyridine rings is 1. The number of nitrogens with zero attached hydrogens (tertiary/aromatic N) is 1. The first-order chi connectivity index (χ1) is 7.97. The number of esters is 1. The lowest BCUT2D eigenvalue weighted by molar-refractivity contribution is -0.159. The quantitative estimate of drug-likeness (QED) is 0.623. The van der Waals surface area contributed by atoms with Crippen LogP contribution in [0.4, 0.5) is 0 Å². The molecule has 17 heavy (non-hydrogen) atoms. The average Bonchev–Trinajstić information content (AvgIpc) is 2.27. The Balaban J connectivity index is 2.88. The average molecular weight is 260 g/mol. The van der Waals surface area contributed by atoms with E-state index in [2.05, 4.69) is 9.72 Å². The molecule has 6 heteroatoms. The van der Waals surface area contributed by atoms with Crippen LogP contribution in [0.15, 0.2) is 12.3 Å². The number of hydrogen-bond acceptors (Lipinski definition) is 5. The maximum Gasteiger partial charge on any atom is 0.338 e. The van der Waals surface area contributed by atoms with E-state index in [0.29, 0.717) is 11.1 Å². The highest BCUT2D eigenvalue weighted by Gasteiger charge is 2.28. The van der Waals surface area contributed by atoms with Gasteiger partial charge < -0.3 is 14.9 Å². The first-order valence-corrected chi connectivity index (χ1v) is 5.50. The van der Waals surface area contributed by atoms with Gasteiger partial charge in [-0.25, -0.2) is 9.78 Å². The van der Waals surface area contributed by atoms with Crippen molar-refractivity contribution in [3.8, 4) is 0 Å². The Morgan fingerprint density at radius 1 is 1.59 bits per heavy atom. The minimum Gasteiger partial charge on any atom is -0.464 e. The molecule has 2 atom stereocenters. The van der Waals surface area contributed by atoms with Crippen molar-refractivity contribution in [2.24, 2.45) is 0 Å². The molecule has 0 saturated heterocycles. The van der Waals surface area contributed by atoms with Crippen molar-refractivity contribution in [2.75, 3.05) is 6.61 Å². The number of rotatable bonds is 4. The molecule has 0 aromatic carbocycles. The van der Waals surface area contributed by atoms with E-state index >= 15 is 0 Å². The van der Waals surface area contributed by atoms with Crippen LogP contribution in [0.3, 0.4) is 0 Å². The number of hydrogen-bond donors (Lipinski definition) is 2. The molecule has 0 radical (unpaired) electrons. The molecule has 5 nitrogen and oxygen atoms in total. The van der Waals surface area contributed by atoms with Gasteiger partial charge in [0.1, 0.15) is 11.3 Å². The zero-order valence-electron chi connectivity index (χ0n) is 9.55. The van der Waals surface area contributed by atoms with Crippen molar-refractivity contribution in [1.29, 1.82) is 0 Å². The van der Waals surface area contributed by atoms with E-state index in [-0.39, 0.29) is 11.8 Å². The molecule has 94 valence electrons. The second kappa shape index (κ2) is 5.95. The van der Waals surface area contributed by atoms with Gasteiger partial charge >= 0.3 is 5.97 Å². The summed E-state index contributed by atoms with van der Waals surface area (Å²) in [6, 6.07) is 1.54. The maximum atomic E-state index is 11.3. The highest BCUT2D eigenvalue weighted by molar-refractivity contribution is 6.29. The molecule has 0 saturated carbocycles. The van der Waals surface area contributed by atoms with Crippen LogP contribution in [0.2, 0.25) is 5.15 Å². The third kappa shape index (κ3) is 3.39. The first kappa shape index (κ1) is 13.9. The number of aromatic nitrogens is 1. The van der Waals surface area contributed by atoms with Crippen LogP contribution >= 0.6 is 11.6 Å². The Morgan fingerprint density at radius 2 is 2.24 bits per heavy atom. The predicted octanol–water partition coefficient (Wildman–Crippen LogP) is 1.00. The summed E-state index contributed by atoms with van der Waals surface area (Å²) in [5.41, 5.74) is 0.982. The van der Waals surface area contributed by atoms with Crippen LogP contribution in [0.25, 0.3) is 0 Å². The standard InChI is InChI=1S/C11H14ClNO4/c1-3-17-11(16)10(15)9(14)7-5-13-8(12)4-6(7)2/h4-5,9-10,14-15H,3H2,1-2H3. The van der Waals surface area contributed by atoms with Crippen molar-refractivity contribution in [3.63, 3.8) is 0 Å². The van der Waals surface area contributed by atoms with Gasteiger partial charge in [-0.3, -0.25) is 0 Å². The van der Waals surface area contributed by atoms with Crippen molar-refractivity contribution >= 4 is 17.6 Å². The van der Waals surface area contributed by atoms with Crippen LogP contribution < -0.4 is 0 Å². The molecule has 0 bridgehead atoms. The lowest BCUT2D eigenvalue weighted by Gasteiger charge is -2.18. The van der Waals surface area contributed by atoms with E-state index in [1.165, 1.54) is 12.3 Å². The zero-order chi connectivity index (χ0) is 13.0. The van der Waals surface area contributed by atoms with Crippen molar-refractivity contribution in [2.45, 2.75) is 26.1 Å². The molecule has 0 aliphatic rings. The second-order valence-corrected chi connectivity index (χ2v) is 3.89. The van der Waals surface area contributed by atoms with E-state index in [4.69, 9.17) is 11.6 Å². The molecular weight excluding hydrogens is 246 g/mol. The lowest BCUT2D eigenvalue weighted by Crippen LogP contribution is -2.30. The predicted molar refractivity (Wildman–Crippen MR) is 61.6 cm³/mol. The number of carbonyl (C=O) groups is 1. The van der Waals surface area contributed by atoms with Gasteiger partial charge in [-0.2, -0.15) is 0 Å². The van der Waals surface area contributed by atoms with Crippen LogP contribution in [0.5, 0.6) is 0 Å². The Hall–Kier alpha value is -1.17. The third-order valence-corrected chi connectivity index (χ3v) is 2.47. The fourth-order valence-electron chi connectivity index (χ4n) is 1.37. The van der Waals surface area contributed by atoms with Crippen LogP contribution in [0.1, 0.15) is 24.2 Å². The highest BCUT2D eigenvalue weighted by Crippen LogP contribution is 2.22. The lowest BCUT2D eigenvalue weighted by atomic mass is 10.0. The summed E-state index contributed by atoms with van der Waals surface area (Å²) in [6.07, 6.45) is -1.68. The van der Waals surface area contributed by atoms with Gasteiger partial charge in [0.2, 0.25) is 0 Å². The third-order valence-electron chi connectivity index (χ3n) is 2.26. The van der Waals surface area contributed by atoms with E-state index in [9.17, 15) is 15.0 Å². The minimum absolute atomic E-state index is 0.139. The molecule has 0 aliphatic heterocycles. The van der Waals surface area contributed by atoms with E-state index in [1.807, 2.05) is 0 Å². The van der Waals surface area contributed by atoms with E-state index in [0.717, 1.165) is 0 Å². The first-order valence-electron chi connectivity index (χ1n) is 5.12. The summed E-state index contributed by atoms with van der Waals surface area (Å²) in [5.74, 6) is -0.866. The van der Waals surface area contributed by atoms with Crippen LogP contribution in [0, 0.1) is 6.92 Å². The summed E-state index contributed by atoms with van der Waals surface area (Å²) < 4.78 is 4.61. The maximum absolute atomic E-state index is 11.3. The fraction of sp³-hybridized carbons (Fsp3) is 0.455. The topological polar surface area (TPSA) is 79.7 Å². The smallest absolute Gasteiger partial charge is 0.338 e. The number of ether oxygens (including phenoxy) is 1. The summed E-state index contributed by atoms with van der Waals surface area (Å²) in [5, 5.41) is 19.7. The second-order valence-electron chi connectivity index (χ2n) is 3.51. The molecule has 2 N–H and O–H groups in total.